The van der Waals surface area contributed by atoms with Gasteiger partial charge in [-0.25, -0.2) is 0 Å². The van der Waals surface area contributed by atoms with E-state index in [9.17, 15) is 22.0 Å². The number of halogens is 5. The van der Waals surface area contributed by atoms with Gasteiger partial charge in [0, 0.05) is 0 Å². The molecule has 0 aliphatic rings. The molecule has 1 nitrogen and oxygen atoms in total. The summed E-state index contributed by atoms with van der Waals surface area (Å²) in [6.45, 7) is 2.09. The first kappa shape index (κ1) is 19.2. The van der Waals surface area contributed by atoms with Crippen molar-refractivity contribution >= 4 is 0 Å². The predicted octanol–water partition coefficient (Wildman–Crippen LogP) is 6.57. The van der Waals surface area contributed by atoms with Gasteiger partial charge in [0.1, 0.15) is 5.75 Å². The lowest BCUT2D eigenvalue weighted by atomic mass is 10.1. The van der Waals surface area contributed by atoms with Gasteiger partial charge in [0.25, 0.3) is 0 Å². The molecule has 0 spiro atoms. The molecule has 0 amide bonds. The minimum absolute atomic E-state index is 0.329. The fourth-order valence-electron chi connectivity index (χ4n) is 2.36. The van der Waals surface area contributed by atoms with Crippen LogP contribution < -0.4 is 4.74 Å². The van der Waals surface area contributed by atoms with Gasteiger partial charge in [-0.3, -0.25) is 0 Å². The van der Waals surface area contributed by atoms with Crippen molar-refractivity contribution in [2.24, 2.45) is 0 Å². The molecule has 136 valence electrons. The number of hydrogen-bond acceptors (Lipinski definition) is 1. The van der Waals surface area contributed by atoms with Gasteiger partial charge in [0.2, 0.25) is 0 Å². The lowest BCUT2D eigenvalue weighted by Crippen LogP contribution is -2.22. The molecule has 2 rings (SSSR count). The Morgan fingerprint density at radius 1 is 0.760 bits per heavy atom. The highest BCUT2D eigenvalue weighted by molar-refractivity contribution is 5.31. The number of ether oxygens (including phenoxy) is 1. The monoisotopic (exact) mass is 358 g/mol. The zero-order valence-electron chi connectivity index (χ0n) is 13.7. The van der Waals surface area contributed by atoms with Crippen molar-refractivity contribution in [3.05, 3.63) is 65.2 Å². The molecule has 0 saturated heterocycles. The van der Waals surface area contributed by atoms with Crippen LogP contribution in [-0.2, 0) is 18.7 Å². The van der Waals surface area contributed by atoms with E-state index in [1.165, 1.54) is 12.1 Å². The van der Waals surface area contributed by atoms with E-state index in [0.29, 0.717) is 12.1 Å². The summed E-state index contributed by atoms with van der Waals surface area (Å²) in [6, 6.07) is 9.00. The SMILES string of the molecule is CCCCCc1ccc(C(F)(F)Oc2ccc(C(F)(F)F)cc2)cc1. The summed E-state index contributed by atoms with van der Waals surface area (Å²) >= 11 is 0. The summed E-state index contributed by atoms with van der Waals surface area (Å²) in [4.78, 5) is 0. The number of benzene rings is 2. The number of hydrogen-bond donors (Lipinski definition) is 0. The Hall–Kier alpha value is -2.11. The topological polar surface area (TPSA) is 9.23 Å². The van der Waals surface area contributed by atoms with Gasteiger partial charge >= 0.3 is 12.3 Å². The number of alkyl halides is 5. The summed E-state index contributed by atoms with van der Waals surface area (Å²) in [5.74, 6) is -0.329. The van der Waals surface area contributed by atoms with Crippen LogP contribution in [0.3, 0.4) is 0 Å². The van der Waals surface area contributed by atoms with Crippen molar-refractivity contribution in [1.29, 1.82) is 0 Å². The molecule has 0 bridgehead atoms. The van der Waals surface area contributed by atoms with Crippen LogP contribution in [0.2, 0.25) is 0 Å². The third-order valence-electron chi connectivity index (χ3n) is 3.79. The molecule has 6 heteroatoms. The second-order valence-electron chi connectivity index (χ2n) is 5.80. The lowest BCUT2D eigenvalue weighted by Gasteiger charge is -2.19. The second kappa shape index (κ2) is 7.85. The second-order valence-corrected chi connectivity index (χ2v) is 5.80. The first-order valence-corrected chi connectivity index (χ1v) is 8.06. The van der Waals surface area contributed by atoms with Crippen LogP contribution in [0, 0.1) is 0 Å². The molecule has 2 aromatic rings. The van der Waals surface area contributed by atoms with E-state index < -0.39 is 17.8 Å². The van der Waals surface area contributed by atoms with Crippen LogP contribution in [0.4, 0.5) is 22.0 Å². The highest BCUT2D eigenvalue weighted by Crippen LogP contribution is 2.34. The average Bonchev–Trinajstić information content (AvgIpc) is 2.55. The third kappa shape index (κ3) is 5.44. The Bertz CT molecular complexity index is 660. The van der Waals surface area contributed by atoms with Crippen molar-refractivity contribution in [1.82, 2.24) is 0 Å². The zero-order chi connectivity index (χ0) is 18.5. The minimum Gasteiger partial charge on any atom is -0.429 e. The Morgan fingerprint density at radius 3 is 1.84 bits per heavy atom. The standard InChI is InChI=1S/C19H19F5O/c1-2-3-4-5-14-6-8-16(9-7-14)19(23,24)25-17-12-10-15(11-13-17)18(20,21)22/h6-13H,2-5H2,1H3. The van der Waals surface area contributed by atoms with Crippen LogP contribution in [0.1, 0.15) is 42.9 Å². The smallest absolute Gasteiger partial charge is 0.426 e. The number of unbranched alkanes of at least 4 members (excludes halogenated alkanes) is 2. The molecule has 0 aromatic heterocycles. The molecular formula is C19H19F5O. The van der Waals surface area contributed by atoms with Crippen molar-refractivity contribution in [2.45, 2.75) is 44.9 Å². The molecule has 0 radical (unpaired) electrons. The van der Waals surface area contributed by atoms with Gasteiger partial charge in [-0.05, 0) is 54.8 Å². The molecule has 2 aromatic carbocycles. The molecule has 0 saturated carbocycles. The maximum atomic E-state index is 14.2. The summed E-state index contributed by atoms with van der Waals surface area (Å²) < 4.78 is 70.4. The first-order chi connectivity index (χ1) is 11.7. The summed E-state index contributed by atoms with van der Waals surface area (Å²) in [7, 11) is 0. The van der Waals surface area contributed by atoms with E-state index in [-0.39, 0.29) is 11.3 Å². The van der Waals surface area contributed by atoms with Crippen molar-refractivity contribution in [3.8, 4) is 5.75 Å². The van der Waals surface area contributed by atoms with Crippen LogP contribution in [0.25, 0.3) is 0 Å². The van der Waals surface area contributed by atoms with E-state index in [1.54, 1.807) is 12.1 Å². The third-order valence-corrected chi connectivity index (χ3v) is 3.79. The highest BCUT2D eigenvalue weighted by atomic mass is 19.4. The lowest BCUT2D eigenvalue weighted by molar-refractivity contribution is -0.185. The fraction of sp³-hybridized carbons (Fsp3) is 0.368. The normalized spacial score (nSPS) is 12.2. The zero-order valence-corrected chi connectivity index (χ0v) is 13.7. The Labute approximate surface area is 143 Å². The van der Waals surface area contributed by atoms with E-state index in [4.69, 9.17) is 0 Å². The Balaban J connectivity index is 2.05. The number of rotatable bonds is 7. The molecule has 0 fully saturated rings. The van der Waals surface area contributed by atoms with Gasteiger partial charge in [0.15, 0.2) is 0 Å². The van der Waals surface area contributed by atoms with Gasteiger partial charge in [-0.2, -0.15) is 22.0 Å². The maximum Gasteiger partial charge on any atom is 0.426 e. The van der Waals surface area contributed by atoms with Crippen molar-refractivity contribution in [2.75, 3.05) is 0 Å². The molecular weight excluding hydrogens is 339 g/mol. The van der Waals surface area contributed by atoms with E-state index in [1.807, 2.05) is 0 Å². The fourth-order valence-corrected chi connectivity index (χ4v) is 2.36. The van der Waals surface area contributed by atoms with Gasteiger partial charge < -0.3 is 4.74 Å². The molecule has 0 heterocycles. The van der Waals surface area contributed by atoms with Crippen LogP contribution in [0.5, 0.6) is 5.75 Å². The molecule has 0 unspecified atom stereocenters. The largest absolute Gasteiger partial charge is 0.429 e. The summed E-state index contributed by atoms with van der Waals surface area (Å²) in [5, 5.41) is 0. The van der Waals surface area contributed by atoms with Gasteiger partial charge in [-0.1, -0.05) is 31.9 Å². The van der Waals surface area contributed by atoms with Crippen molar-refractivity contribution < 1.29 is 26.7 Å². The predicted molar refractivity (Wildman–Crippen MR) is 85.6 cm³/mol. The quantitative estimate of drug-likeness (QED) is 0.402. The van der Waals surface area contributed by atoms with Gasteiger partial charge in [-0.15, -0.1) is 0 Å². The summed E-state index contributed by atoms with van der Waals surface area (Å²) in [6.07, 6.45) is -4.17. The maximum absolute atomic E-state index is 14.2. The van der Waals surface area contributed by atoms with E-state index >= 15 is 0 Å². The summed E-state index contributed by atoms with van der Waals surface area (Å²) in [5.41, 5.74) is -0.297. The Kier molecular flexibility index (Phi) is 6.03. The molecule has 0 aliphatic heterocycles. The molecule has 0 atom stereocenters. The molecule has 0 N–H and O–H groups in total. The van der Waals surface area contributed by atoms with Gasteiger partial charge in [0.05, 0.1) is 11.1 Å². The Morgan fingerprint density at radius 2 is 1.32 bits per heavy atom. The van der Waals surface area contributed by atoms with E-state index in [2.05, 4.69) is 11.7 Å². The highest BCUT2D eigenvalue weighted by Gasteiger charge is 2.35. The van der Waals surface area contributed by atoms with Crippen LogP contribution in [0.15, 0.2) is 48.5 Å². The minimum atomic E-state index is -4.52. The number of aryl methyl sites for hydroxylation is 1. The molecule has 25 heavy (non-hydrogen) atoms. The van der Waals surface area contributed by atoms with Crippen molar-refractivity contribution in [3.63, 3.8) is 0 Å². The average molecular weight is 358 g/mol. The van der Waals surface area contributed by atoms with E-state index in [0.717, 1.165) is 43.4 Å². The van der Waals surface area contributed by atoms with Crippen LogP contribution >= 0.6 is 0 Å². The molecule has 0 aliphatic carbocycles. The van der Waals surface area contributed by atoms with Crippen LogP contribution in [-0.4, -0.2) is 0 Å². The first-order valence-electron chi connectivity index (χ1n) is 8.06.